The van der Waals surface area contributed by atoms with Crippen molar-refractivity contribution < 1.29 is 14.3 Å². The highest BCUT2D eigenvalue weighted by atomic mass is 16.5. The first-order valence-electron chi connectivity index (χ1n) is 8.75. The van der Waals surface area contributed by atoms with E-state index in [1.807, 2.05) is 42.6 Å². The van der Waals surface area contributed by atoms with Gasteiger partial charge in [-0.15, -0.1) is 0 Å². The molecule has 0 bridgehead atoms. The summed E-state index contributed by atoms with van der Waals surface area (Å²) in [5.41, 5.74) is 3.81. The van der Waals surface area contributed by atoms with E-state index in [-0.39, 0.29) is 5.91 Å². The van der Waals surface area contributed by atoms with Gasteiger partial charge in [-0.05, 0) is 42.0 Å². The summed E-state index contributed by atoms with van der Waals surface area (Å²) in [6, 6.07) is 16.7. The molecule has 6 nitrogen and oxygen atoms in total. The van der Waals surface area contributed by atoms with Crippen molar-refractivity contribution >= 4 is 22.6 Å². The van der Waals surface area contributed by atoms with E-state index in [0.29, 0.717) is 22.7 Å². The maximum atomic E-state index is 12.7. The van der Waals surface area contributed by atoms with E-state index in [4.69, 9.17) is 9.47 Å². The molecule has 0 aliphatic heterocycles. The molecule has 0 saturated carbocycles. The molecular weight excluding hydrogens is 354 g/mol. The van der Waals surface area contributed by atoms with E-state index >= 15 is 0 Å². The minimum atomic E-state index is -0.254. The van der Waals surface area contributed by atoms with Crippen molar-refractivity contribution in [2.45, 2.75) is 0 Å². The summed E-state index contributed by atoms with van der Waals surface area (Å²) in [5, 5.41) is 3.90. The average molecular weight is 373 g/mol. The van der Waals surface area contributed by atoms with Crippen LogP contribution in [0.4, 0.5) is 5.69 Å². The van der Waals surface area contributed by atoms with Gasteiger partial charge in [0.2, 0.25) is 0 Å². The minimum absolute atomic E-state index is 0.254. The zero-order chi connectivity index (χ0) is 19.5. The third-order valence-electron chi connectivity index (χ3n) is 4.51. The summed E-state index contributed by atoms with van der Waals surface area (Å²) in [6.07, 6.45) is 3.65. The molecule has 6 heteroatoms. The zero-order valence-corrected chi connectivity index (χ0v) is 15.5. The molecule has 0 fully saturated rings. The van der Waals surface area contributed by atoms with Gasteiger partial charge < -0.3 is 19.8 Å². The second-order valence-corrected chi connectivity index (χ2v) is 6.24. The van der Waals surface area contributed by atoms with Crippen LogP contribution in [0.5, 0.6) is 11.5 Å². The Kier molecular flexibility index (Phi) is 4.68. The monoisotopic (exact) mass is 373 g/mol. The molecule has 1 amide bonds. The Morgan fingerprint density at radius 2 is 1.89 bits per heavy atom. The molecule has 0 radical (unpaired) electrons. The van der Waals surface area contributed by atoms with E-state index in [2.05, 4.69) is 15.3 Å². The first-order valence-corrected chi connectivity index (χ1v) is 8.75. The fourth-order valence-electron chi connectivity index (χ4n) is 3.06. The third kappa shape index (κ3) is 3.40. The van der Waals surface area contributed by atoms with Crippen LogP contribution in [-0.2, 0) is 0 Å². The lowest BCUT2D eigenvalue weighted by molar-refractivity contribution is 0.102. The number of rotatable bonds is 5. The highest BCUT2D eigenvalue weighted by Crippen LogP contribution is 2.29. The van der Waals surface area contributed by atoms with Crippen molar-refractivity contribution in [3.8, 4) is 22.6 Å². The fraction of sp³-hybridized carbons (Fsp3) is 0.0909. The van der Waals surface area contributed by atoms with Crippen molar-refractivity contribution in [3.05, 3.63) is 72.6 Å². The molecule has 0 saturated heterocycles. The molecule has 0 atom stereocenters. The van der Waals surface area contributed by atoms with Crippen LogP contribution in [0, 0.1) is 0 Å². The predicted octanol–water partition coefficient (Wildman–Crippen LogP) is 4.50. The first-order chi connectivity index (χ1) is 13.7. The Labute approximate surface area is 162 Å². The molecule has 4 aromatic rings. The molecule has 4 rings (SSSR count). The van der Waals surface area contributed by atoms with E-state index in [1.165, 1.54) is 0 Å². The molecule has 2 aromatic heterocycles. The Morgan fingerprint density at radius 1 is 1.00 bits per heavy atom. The largest absolute Gasteiger partial charge is 0.497 e. The lowest BCUT2D eigenvalue weighted by atomic mass is 10.0. The van der Waals surface area contributed by atoms with Gasteiger partial charge >= 0.3 is 0 Å². The number of amides is 1. The maximum absolute atomic E-state index is 12.7. The SMILES string of the molecule is COc1cccc(NC(=O)c2ccc(-c3cnc4[nH]ccc4c3)cc2OC)c1. The summed E-state index contributed by atoms with van der Waals surface area (Å²) in [5.74, 6) is 0.913. The molecule has 2 aromatic carbocycles. The summed E-state index contributed by atoms with van der Waals surface area (Å²) < 4.78 is 10.7. The highest BCUT2D eigenvalue weighted by Gasteiger charge is 2.14. The minimum Gasteiger partial charge on any atom is -0.497 e. The number of aromatic amines is 1. The van der Waals surface area contributed by atoms with Crippen molar-refractivity contribution in [1.29, 1.82) is 0 Å². The number of H-pyrrole nitrogens is 1. The van der Waals surface area contributed by atoms with Gasteiger partial charge in [0.15, 0.2) is 0 Å². The number of fused-ring (bicyclic) bond motifs is 1. The smallest absolute Gasteiger partial charge is 0.259 e. The number of aromatic nitrogens is 2. The number of hydrogen-bond acceptors (Lipinski definition) is 4. The van der Waals surface area contributed by atoms with Gasteiger partial charge in [0.25, 0.3) is 5.91 Å². The number of anilines is 1. The van der Waals surface area contributed by atoms with Crippen molar-refractivity contribution in [2.75, 3.05) is 19.5 Å². The third-order valence-corrected chi connectivity index (χ3v) is 4.51. The van der Waals surface area contributed by atoms with E-state index in [0.717, 1.165) is 22.2 Å². The number of nitrogens with one attached hydrogen (secondary N) is 2. The topological polar surface area (TPSA) is 76.2 Å². The fourth-order valence-corrected chi connectivity index (χ4v) is 3.06. The molecule has 0 unspecified atom stereocenters. The Morgan fingerprint density at radius 3 is 2.71 bits per heavy atom. The second-order valence-electron chi connectivity index (χ2n) is 6.24. The second kappa shape index (κ2) is 7.44. The van der Waals surface area contributed by atoms with E-state index in [9.17, 15) is 4.79 Å². The first kappa shape index (κ1) is 17.6. The number of ether oxygens (including phenoxy) is 2. The highest BCUT2D eigenvalue weighted by molar-refractivity contribution is 6.06. The summed E-state index contributed by atoms with van der Waals surface area (Å²) in [4.78, 5) is 20.2. The van der Waals surface area contributed by atoms with Crippen LogP contribution in [0.25, 0.3) is 22.2 Å². The van der Waals surface area contributed by atoms with Crippen LogP contribution >= 0.6 is 0 Å². The van der Waals surface area contributed by atoms with E-state index < -0.39 is 0 Å². The molecule has 0 aliphatic carbocycles. The van der Waals surface area contributed by atoms with Crippen molar-refractivity contribution in [3.63, 3.8) is 0 Å². The molecule has 2 N–H and O–H groups in total. The van der Waals surface area contributed by atoms with E-state index in [1.54, 1.807) is 38.6 Å². The lowest BCUT2D eigenvalue weighted by Gasteiger charge is -2.12. The summed E-state index contributed by atoms with van der Waals surface area (Å²) >= 11 is 0. The van der Waals surface area contributed by atoms with Crippen LogP contribution in [0.3, 0.4) is 0 Å². The number of benzene rings is 2. The van der Waals surface area contributed by atoms with Gasteiger partial charge in [0, 0.05) is 35.1 Å². The van der Waals surface area contributed by atoms with Crippen LogP contribution in [-0.4, -0.2) is 30.1 Å². The van der Waals surface area contributed by atoms with Crippen LogP contribution < -0.4 is 14.8 Å². The molecule has 2 heterocycles. The quantitative estimate of drug-likeness (QED) is 0.540. The van der Waals surface area contributed by atoms with Gasteiger partial charge in [-0.3, -0.25) is 4.79 Å². The summed E-state index contributed by atoms with van der Waals surface area (Å²) in [7, 11) is 3.14. The molecule has 0 spiro atoms. The number of carbonyl (C=O) groups is 1. The van der Waals surface area contributed by atoms with Gasteiger partial charge in [-0.25, -0.2) is 4.98 Å². The number of carbonyl (C=O) groups excluding carboxylic acids is 1. The van der Waals surface area contributed by atoms with Crippen molar-refractivity contribution in [2.24, 2.45) is 0 Å². The zero-order valence-electron chi connectivity index (χ0n) is 15.5. The van der Waals surface area contributed by atoms with Gasteiger partial charge in [0.1, 0.15) is 17.1 Å². The van der Waals surface area contributed by atoms with Crippen LogP contribution in [0.15, 0.2) is 67.0 Å². The lowest BCUT2D eigenvalue weighted by Crippen LogP contribution is -2.13. The standard InChI is InChI=1S/C22H19N3O3/c1-27-18-5-3-4-17(12-18)25-22(26)19-7-6-14(11-20(19)28-2)16-10-15-8-9-23-21(15)24-13-16/h3-13H,1-2H3,(H,23,24)(H,25,26). The van der Waals surface area contributed by atoms with Gasteiger partial charge in [-0.1, -0.05) is 12.1 Å². The Hall–Kier alpha value is -3.80. The molecule has 28 heavy (non-hydrogen) atoms. The molecular formula is C22H19N3O3. The maximum Gasteiger partial charge on any atom is 0.259 e. The predicted molar refractivity (Wildman–Crippen MR) is 109 cm³/mol. The van der Waals surface area contributed by atoms with Crippen molar-refractivity contribution in [1.82, 2.24) is 9.97 Å². The van der Waals surface area contributed by atoms with Crippen LogP contribution in [0.1, 0.15) is 10.4 Å². The normalized spacial score (nSPS) is 10.6. The molecule has 0 aliphatic rings. The number of pyridine rings is 1. The molecule has 140 valence electrons. The van der Waals surface area contributed by atoms with Crippen LogP contribution in [0.2, 0.25) is 0 Å². The number of hydrogen-bond donors (Lipinski definition) is 2. The number of methoxy groups -OCH3 is 2. The Bertz CT molecular complexity index is 1150. The number of nitrogens with zero attached hydrogens (tertiary/aromatic N) is 1. The van der Waals surface area contributed by atoms with Gasteiger partial charge in [0.05, 0.1) is 19.8 Å². The Balaban J connectivity index is 1.63. The average Bonchev–Trinajstić information content (AvgIpc) is 3.21. The summed E-state index contributed by atoms with van der Waals surface area (Å²) in [6.45, 7) is 0. The van der Waals surface area contributed by atoms with Gasteiger partial charge in [-0.2, -0.15) is 0 Å².